The van der Waals surface area contributed by atoms with Gasteiger partial charge in [0, 0.05) is 34.1 Å². The number of sulfonamides is 1. The van der Waals surface area contributed by atoms with Crippen LogP contribution in [0.5, 0.6) is 0 Å². The molecule has 3 aromatic rings. The van der Waals surface area contributed by atoms with Gasteiger partial charge in [-0.3, -0.25) is 4.79 Å². The monoisotopic (exact) mass is 431 g/mol. The van der Waals surface area contributed by atoms with Crippen LogP contribution in [-0.4, -0.2) is 19.4 Å². The van der Waals surface area contributed by atoms with Gasteiger partial charge in [-0.2, -0.15) is 0 Å². The number of nitrogens with one attached hydrogen (secondary N) is 2. The predicted octanol–water partition coefficient (Wildman–Crippen LogP) is 4.55. The Kier molecular flexibility index (Phi) is 6.05. The van der Waals surface area contributed by atoms with Crippen molar-refractivity contribution in [1.82, 2.24) is 5.16 Å². The topological polar surface area (TPSA) is 101 Å². The smallest absolute Gasteiger partial charge is 0.264 e. The van der Waals surface area contributed by atoms with E-state index < -0.39 is 10.0 Å². The fourth-order valence-electron chi connectivity index (χ4n) is 2.35. The minimum absolute atomic E-state index is 0.0673. The lowest BCUT2D eigenvalue weighted by molar-refractivity contribution is 0.104. The van der Waals surface area contributed by atoms with Gasteiger partial charge in [0.1, 0.15) is 0 Å². The predicted molar refractivity (Wildman–Crippen MR) is 112 cm³/mol. The van der Waals surface area contributed by atoms with Gasteiger partial charge in [-0.15, -0.1) is 0 Å². The number of aromatic nitrogens is 1. The van der Waals surface area contributed by atoms with Gasteiger partial charge in [0.15, 0.2) is 5.78 Å². The SMILES string of the molecule is Cc1noc(NS(=O)(=O)c2ccc(N/C=C\C(=O)c3ccc(Cl)cc3)cc2)c1C. The molecule has 0 aliphatic carbocycles. The third kappa shape index (κ3) is 5.04. The molecular formula is C20H18ClN3O4S. The molecule has 0 aliphatic heterocycles. The van der Waals surface area contributed by atoms with Gasteiger partial charge in [0.25, 0.3) is 10.0 Å². The van der Waals surface area contributed by atoms with Crippen LogP contribution < -0.4 is 10.0 Å². The van der Waals surface area contributed by atoms with E-state index >= 15 is 0 Å². The minimum atomic E-state index is -3.81. The van der Waals surface area contributed by atoms with Gasteiger partial charge >= 0.3 is 0 Å². The molecule has 0 fully saturated rings. The van der Waals surface area contributed by atoms with Gasteiger partial charge in [-0.05, 0) is 62.4 Å². The minimum Gasteiger partial charge on any atom is -0.362 e. The lowest BCUT2D eigenvalue weighted by Gasteiger charge is -2.07. The lowest BCUT2D eigenvalue weighted by Crippen LogP contribution is -2.13. The highest BCUT2D eigenvalue weighted by atomic mass is 35.5. The van der Waals surface area contributed by atoms with E-state index in [4.69, 9.17) is 16.1 Å². The van der Waals surface area contributed by atoms with Crippen LogP contribution in [0.4, 0.5) is 11.6 Å². The van der Waals surface area contributed by atoms with Crippen molar-refractivity contribution in [3.63, 3.8) is 0 Å². The Bertz CT molecular complexity index is 1150. The second kappa shape index (κ2) is 8.50. The molecule has 0 saturated carbocycles. The molecule has 29 heavy (non-hydrogen) atoms. The Morgan fingerprint density at radius 1 is 1.07 bits per heavy atom. The van der Waals surface area contributed by atoms with E-state index in [1.54, 1.807) is 50.2 Å². The fourth-order valence-corrected chi connectivity index (χ4v) is 3.52. The van der Waals surface area contributed by atoms with Crippen molar-refractivity contribution < 1.29 is 17.7 Å². The van der Waals surface area contributed by atoms with E-state index in [0.717, 1.165) is 0 Å². The Balaban J connectivity index is 1.64. The summed E-state index contributed by atoms with van der Waals surface area (Å²) in [7, 11) is -3.81. The van der Waals surface area contributed by atoms with Gasteiger partial charge < -0.3 is 9.84 Å². The van der Waals surface area contributed by atoms with E-state index in [-0.39, 0.29) is 16.6 Å². The largest absolute Gasteiger partial charge is 0.362 e. The summed E-state index contributed by atoms with van der Waals surface area (Å²) in [6, 6.07) is 12.6. The zero-order chi connectivity index (χ0) is 21.0. The van der Waals surface area contributed by atoms with E-state index in [9.17, 15) is 13.2 Å². The second-order valence-corrected chi connectivity index (χ2v) is 8.32. The number of allylic oxidation sites excluding steroid dienone is 1. The van der Waals surface area contributed by atoms with Crippen molar-refractivity contribution in [3.8, 4) is 0 Å². The van der Waals surface area contributed by atoms with E-state index in [2.05, 4.69) is 15.2 Å². The molecule has 7 nitrogen and oxygen atoms in total. The Hall–Kier alpha value is -3.10. The van der Waals surface area contributed by atoms with Gasteiger partial charge in [-0.25, -0.2) is 13.1 Å². The van der Waals surface area contributed by atoms with Crippen molar-refractivity contribution in [1.29, 1.82) is 0 Å². The van der Waals surface area contributed by atoms with E-state index in [1.165, 1.54) is 24.4 Å². The summed E-state index contributed by atoms with van der Waals surface area (Å²) >= 11 is 5.80. The average Bonchev–Trinajstić information content (AvgIpc) is 3.00. The molecule has 0 bridgehead atoms. The molecule has 0 unspecified atom stereocenters. The molecule has 150 valence electrons. The molecule has 0 saturated heterocycles. The lowest BCUT2D eigenvalue weighted by atomic mass is 10.1. The van der Waals surface area contributed by atoms with Crippen LogP contribution in [0.15, 0.2) is 70.2 Å². The van der Waals surface area contributed by atoms with E-state index in [1.807, 2.05) is 0 Å². The summed E-state index contributed by atoms with van der Waals surface area (Å²) in [4.78, 5) is 12.1. The van der Waals surface area contributed by atoms with Crippen LogP contribution in [0.2, 0.25) is 5.02 Å². The second-order valence-electron chi connectivity index (χ2n) is 6.20. The van der Waals surface area contributed by atoms with Crippen LogP contribution in [0.1, 0.15) is 21.6 Å². The maximum atomic E-state index is 12.5. The van der Waals surface area contributed by atoms with Gasteiger partial charge in [-0.1, -0.05) is 16.8 Å². The fraction of sp³-hybridized carbons (Fsp3) is 0.100. The molecule has 2 N–H and O–H groups in total. The van der Waals surface area contributed by atoms with Crippen molar-refractivity contribution in [2.75, 3.05) is 10.0 Å². The standard InChI is InChI=1S/C20H18ClN3O4S/c1-13-14(2)23-28-20(13)24-29(26,27)18-9-7-17(8-10-18)22-12-11-19(25)15-3-5-16(21)6-4-15/h3-12,22,24H,1-2H3/b12-11-. The first-order valence-corrected chi connectivity index (χ1v) is 10.4. The van der Waals surface area contributed by atoms with Crippen LogP contribution in [0, 0.1) is 13.8 Å². The molecule has 3 rings (SSSR count). The number of aryl methyl sites for hydroxylation is 1. The highest BCUT2D eigenvalue weighted by Gasteiger charge is 2.19. The molecule has 1 heterocycles. The van der Waals surface area contributed by atoms with Crippen molar-refractivity contribution in [2.24, 2.45) is 0 Å². The third-order valence-electron chi connectivity index (χ3n) is 4.16. The Labute approximate surface area is 173 Å². The number of hydrogen-bond donors (Lipinski definition) is 2. The maximum absolute atomic E-state index is 12.5. The first-order valence-electron chi connectivity index (χ1n) is 8.55. The zero-order valence-corrected chi connectivity index (χ0v) is 17.2. The number of hydrogen-bond acceptors (Lipinski definition) is 6. The number of carbonyl (C=O) groups excluding carboxylic acids is 1. The highest BCUT2D eigenvalue weighted by molar-refractivity contribution is 7.92. The summed E-state index contributed by atoms with van der Waals surface area (Å²) in [6.07, 6.45) is 2.86. The molecule has 0 amide bonds. The highest BCUT2D eigenvalue weighted by Crippen LogP contribution is 2.22. The number of rotatable bonds is 7. The molecule has 0 aliphatic rings. The Morgan fingerprint density at radius 2 is 1.72 bits per heavy atom. The number of benzene rings is 2. The third-order valence-corrected chi connectivity index (χ3v) is 5.76. The quantitative estimate of drug-likeness (QED) is 0.420. The summed E-state index contributed by atoms with van der Waals surface area (Å²) in [5.74, 6) is -0.0939. The summed E-state index contributed by atoms with van der Waals surface area (Å²) in [5, 5.41) is 7.21. The van der Waals surface area contributed by atoms with Crippen LogP contribution in [0.25, 0.3) is 0 Å². The molecule has 2 aromatic carbocycles. The van der Waals surface area contributed by atoms with Gasteiger partial charge in [0.2, 0.25) is 5.88 Å². The summed E-state index contributed by atoms with van der Waals surface area (Å²) < 4.78 is 32.3. The van der Waals surface area contributed by atoms with Gasteiger partial charge in [0.05, 0.1) is 10.6 Å². The first kappa shape index (κ1) is 20.6. The molecule has 0 radical (unpaired) electrons. The van der Waals surface area contributed by atoms with Crippen LogP contribution >= 0.6 is 11.6 Å². The molecule has 1 aromatic heterocycles. The summed E-state index contributed by atoms with van der Waals surface area (Å²) in [6.45, 7) is 3.44. The zero-order valence-electron chi connectivity index (χ0n) is 15.6. The van der Waals surface area contributed by atoms with Crippen LogP contribution in [-0.2, 0) is 10.0 Å². The number of anilines is 2. The number of ketones is 1. The first-order chi connectivity index (χ1) is 13.8. The number of nitrogens with zero attached hydrogens (tertiary/aromatic N) is 1. The molecule has 0 atom stereocenters. The Morgan fingerprint density at radius 3 is 2.31 bits per heavy atom. The van der Waals surface area contributed by atoms with Crippen molar-refractivity contribution in [2.45, 2.75) is 18.7 Å². The van der Waals surface area contributed by atoms with E-state index in [0.29, 0.717) is 27.5 Å². The van der Waals surface area contributed by atoms with Crippen molar-refractivity contribution >= 4 is 39.0 Å². The molecule has 0 spiro atoms. The summed E-state index contributed by atoms with van der Waals surface area (Å²) in [5.41, 5.74) is 2.37. The maximum Gasteiger partial charge on any atom is 0.264 e. The molecule has 9 heteroatoms. The number of halogens is 1. The van der Waals surface area contributed by atoms with Crippen LogP contribution in [0.3, 0.4) is 0 Å². The normalized spacial score (nSPS) is 11.6. The van der Waals surface area contributed by atoms with Crippen molar-refractivity contribution in [3.05, 3.63) is 82.7 Å². The average molecular weight is 432 g/mol. The number of carbonyl (C=O) groups is 1. The molecular weight excluding hydrogens is 414 g/mol.